The van der Waals surface area contributed by atoms with Gasteiger partial charge in [0.25, 0.3) is 0 Å². The van der Waals surface area contributed by atoms with Crippen LogP contribution in [0.2, 0.25) is 0 Å². The van der Waals surface area contributed by atoms with Gasteiger partial charge in [-0.15, -0.1) is 0 Å². The van der Waals surface area contributed by atoms with Crippen molar-refractivity contribution in [3.63, 3.8) is 0 Å². The van der Waals surface area contributed by atoms with Crippen LogP contribution in [0.5, 0.6) is 11.5 Å². The topological polar surface area (TPSA) is 62.3 Å². The number of piperazine rings is 1. The molecule has 2 aliphatic heterocycles. The monoisotopic (exact) mass is 333 g/mol. The Kier molecular flexibility index (Phi) is 4.89. The third-order valence-corrected chi connectivity index (χ3v) is 4.44. The maximum absolute atomic E-state index is 12.5. The van der Waals surface area contributed by atoms with Gasteiger partial charge in [-0.05, 0) is 24.7 Å². The molecule has 1 aromatic carbocycles. The van der Waals surface area contributed by atoms with Crippen LogP contribution in [0.15, 0.2) is 18.2 Å². The molecule has 1 aromatic rings. The van der Waals surface area contributed by atoms with Crippen molar-refractivity contribution in [2.24, 2.45) is 0 Å². The van der Waals surface area contributed by atoms with Gasteiger partial charge < -0.3 is 24.2 Å². The van der Waals surface area contributed by atoms with E-state index < -0.39 is 0 Å². The van der Waals surface area contributed by atoms with Crippen molar-refractivity contribution in [2.75, 3.05) is 46.6 Å². The Labute approximate surface area is 141 Å². The van der Waals surface area contributed by atoms with Crippen molar-refractivity contribution in [1.29, 1.82) is 0 Å². The van der Waals surface area contributed by atoms with Crippen molar-refractivity contribution in [3.05, 3.63) is 23.8 Å². The predicted octanol–water partition coefficient (Wildman–Crippen LogP) is 0.538. The SMILES string of the molecule is CC(=O)N(CC(=O)N1CCN(C)CC1)Cc1ccc2c(c1)OCO2. The maximum atomic E-state index is 12.5. The third kappa shape index (κ3) is 3.79. The molecule has 0 aliphatic carbocycles. The number of nitrogens with zero attached hydrogens (tertiary/aromatic N) is 3. The smallest absolute Gasteiger partial charge is 0.242 e. The maximum Gasteiger partial charge on any atom is 0.242 e. The van der Waals surface area contributed by atoms with Gasteiger partial charge in [-0.25, -0.2) is 0 Å². The van der Waals surface area contributed by atoms with E-state index in [4.69, 9.17) is 9.47 Å². The molecule has 1 fully saturated rings. The normalized spacial score (nSPS) is 17.0. The molecule has 0 spiro atoms. The minimum Gasteiger partial charge on any atom is -0.454 e. The number of fused-ring (bicyclic) bond motifs is 1. The quantitative estimate of drug-likeness (QED) is 0.805. The fourth-order valence-electron chi connectivity index (χ4n) is 2.86. The molecule has 130 valence electrons. The minimum atomic E-state index is -0.116. The molecule has 0 N–H and O–H groups in total. The molecule has 2 heterocycles. The van der Waals surface area contributed by atoms with E-state index in [-0.39, 0.29) is 25.2 Å². The minimum absolute atomic E-state index is 0.000886. The average Bonchev–Trinajstić information content (AvgIpc) is 3.02. The number of hydrogen-bond acceptors (Lipinski definition) is 5. The van der Waals surface area contributed by atoms with Crippen LogP contribution in [0.4, 0.5) is 0 Å². The number of benzene rings is 1. The second-order valence-corrected chi connectivity index (χ2v) is 6.25. The summed E-state index contributed by atoms with van der Waals surface area (Å²) in [6.07, 6.45) is 0. The second-order valence-electron chi connectivity index (χ2n) is 6.25. The first-order valence-corrected chi connectivity index (χ1v) is 8.13. The van der Waals surface area contributed by atoms with E-state index in [1.165, 1.54) is 6.92 Å². The molecule has 0 radical (unpaired) electrons. The molecule has 24 heavy (non-hydrogen) atoms. The number of likely N-dealkylation sites (N-methyl/N-ethyl adjacent to an activating group) is 1. The van der Waals surface area contributed by atoms with Crippen molar-refractivity contribution < 1.29 is 19.1 Å². The van der Waals surface area contributed by atoms with Crippen LogP contribution in [-0.2, 0) is 16.1 Å². The van der Waals surface area contributed by atoms with Gasteiger partial charge in [0.2, 0.25) is 18.6 Å². The second kappa shape index (κ2) is 7.09. The lowest BCUT2D eigenvalue weighted by Crippen LogP contribution is -2.50. The largest absolute Gasteiger partial charge is 0.454 e. The van der Waals surface area contributed by atoms with Gasteiger partial charge in [-0.3, -0.25) is 9.59 Å². The van der Waals surface area contributed by atoms with Gasteiger partial charge in [-0.1, -0.05) is 6.07 Å². The van der Waals surface area contributed by atoms with Crippen LogP contribution >= 0.6 is 0 Å². The summed E-state index contributed by atoms with van der Waals surface area (Å²) in [6.45, 7) is 5.36. The van der Waals surface area contributed by atoms with E-state index in [1.54, 1.807) is 4.90 Å². The highest BCUT2D eigenvalue weighted by molar-refractivity contribution is 5.84. The Morgan fingerprint density at radius 1 is 1.12 bits per heavy atom. The highest BCUT2D eigenvalue weighted by Crippen LogP contribution is 2.32. The standard InChI is InChI=1S/C17H23N3O4/c1-13(21)20(11-17(22)19-7-5-18(2)6-8-19)10-14-3-4-15-16(9-14)24-12-23-15/h3-4,9H,5-8,10-12H2,1-2H3. The van der Waals surface area contributed by atoms with Crippen LogP contribution in [0.3, 0.4) is 0 Å². The van der Waals surface area contributed by atoms with Crippen LogP contribution in [0.25, 0.3) is 0 Å². The highest BCUT2D eigenvalue weighted by Gasteiger charge is 2.23. The zero-order valence-corrected chi connectivity index (χ0v) is 14.2. The zero-order chi connectivity index (χ0) is 17.1. The molecule has 2 amide bonds. The van der Waals surface area contributed by atoms with Crippen molar-refractivity contribution in [1.82, 2.24) is 14.7 Å². The summed E-state index contributed by atoms with van der Waals surface area (Å²) in [5, 5.41) is 0. The van der Waals surface area contributed by atoms with E-state index in [0.29, 0.717) is 31.1 Å². The molecule has 1 saturated heterocycles. The molecule has 0 atom stereocenters. The molecule has 3 rings (SSSR count). The number of carbonyl (C=O) groups is 2. The Bertz CT molecular complexity index is 626. The average molecular weight is 333 g/mol. The van der Waals surface area contributed by atoms with Crippen LogP contribution in [0, 0.1) is 0 Å². The van der Waals surface area contributed by atoms with Gasteiger partial charge in [0.1, 0.15) is 6.54 Å². The number of amides is 2. The van der Waals surface area contributed by atoms with Crippen molar-refractivity contribution >= 4 is 11.8 Å². The first kappa shape index (κ1) is 16.6. The Morgan fingerprint density at radius 3 is 2.54 bits per heavy atom. The predicted molar refractivity (Wildman–Crippen MR) is 87.7 cm³/mol. The summed E-state index contributed by atoms with van der Waals surface area (Å²) < 4.78 is 10.7. The molecule has 0 aromatic heterocycles. The molecule has 0 bridgehead atoms. The van der Waals surface area contributed by atoms with E-state index in [9.17, 15) is 9.59 Å². The summed E-state index contributed by atoms with van der Waals surface area (Å²) >= 11 is 0. The van der Waals surface area contributed by atoms with E-state index in [1.807, 2.05) is 30.1 Å². The summed E-state index contributed by atoms with van der Waals surface area (Å²) in [5.41, 5.74) is 0.917. The van der Waals surface area contributed by atoms with E-state index >= 15 is 0 Å². The van der Waals surface area contributed by atoms with Gasteiger partial charge in [-0.2, -0.15) is 0 Å². The molecule has 0 unspecified atom stereocenters. The fraction of sp³-hybridized carbons (Fsp3) is 0.529. The molecule has 7 heteroatoms. The first-order chi connectivity index (χ1) is 11.5. The van der Waals surface area contributed by atoms with E-state index in [0.717, 1.165) is 18.7 Å². The Hall–Kier alpha value is -2.28. The van der Waals surface area contributed by atoms with Gasteiger partial charge in [0.15, 0.2) is 11.5 Å². The number of ether oxygens (including phenoxy) is 2. The van der Waals surface area contributed by atoms with Gasteiger partial charge in [0, 0.05) is 39.6 Å². The summed E-state index contributed by atoms with van der Waals surface area (Å²) in [6, 6.07) is 5.58. The van der Waals surface area contributed by atoms with Crippen LogP contribution < -0.4 is 9.47 Å². The number of carbonyl (C=O) groups excluding carboxylic acids is 2. The van der Waals surface area contributed by atoms with Crippen LogP contribution in [-0.4, -0.2) is 73.1 Å². The van der Waals surface area contributed by atoms with Gasteiger partial charge >= 0.3 is 0 Å². The number of rotatable bonds is 4. The number of hydrogen-bond donors (Lipinski definition) is 0. The van der Waals surface area contributed by atoms with Crippen molar-refractivity contribution in [2.45, 2.75) is 13.5 Å². The Balaban J connectivity index is 1.62. The molecular weight excluding hydrogens is 310 g/mol. The lowest BCUT2D eigenvalue weighted by Gasteiger charge is -2.33. The summed E-state index contributed by atoms with van der Waals surface area (Å²) in [4.78, 5) is 30.0. The fourth-order valence-corrected chi connectivity index (χ4v) is 2.86. The molecule has 7 nitrogen and oxygen atoms in total. The molecular formula is C17H23N3O4. The first-order valence-electron chi connectivity index (χ1n) is 8.13. The summed E-state index contributed by atoms with van der Waals surface area (Å²) in [7, 11) is 2.04. The molecule has 0 saturated carbocycles. The summed E-state index contributed by atoms with van der Waals surface area (Å²) in [5.74, 6) is 1.28. The Morgan fingerprint density at radius 2 is 1.83 bits per heavy atom. The van der Waals surface area contributed by atoms with E-state index in [2.05, 4.69) is 4.90 Å². The van der Waals surface area contributed by atoms with Crippen LogP contribution in [0.1, 0.15) is 12.5 Å². The lowest BCUT2D eigenvalue weighted by atomic mass is 10.2. The lowest BCUT2D eigenvalue weighted by molar-refractivity contribution is -0.140. The molecule has 2 aliphatic rings. The highest BCUT2D eigenvalue weighted by atomic mass is 16.7. The van der Waals surface area contributed by atoms with Crippen molar-refractivity contribution in [3.8, 4) is 11.5 Å². The van der Waals surface area contributed by atoms with Gasteiger partial charge in [0.05, 0.1) is 0 Å². The zero-order valence-electron chi connectivity index (χ0n) is 14.2. The third-order valence-electron chi connectivity index (χ3n) is 4.44.